The zero-order valence-corrected chi connectivity index (χ0v) is 16.7. The van der Waals surface area contributed by atoms with Gasteiger partial charge in [-0.2, -0.15) is 0 Å². The Bertz CT molecular complexity index is 1010. The van der Waals surface area contributed by atoms with Gasteiger partial charge in [0, 0.05) is 27.2 Å². The molecule has 1 aromatic heterocycles. The van der Waals surface area contributed by atoms with Crippen LogP contribution < -0.4 is 5.32 Å². The van der Waals surface area contributed by atoms with Crippen LogP contribution in [0.1, 0.15) is 29.4 Å². The summed E-state index contributed by atoms with van der Waals surface area (Å²) >= 11 is 18.2. The summed E-state index contributed by atoms with van der Waals surface area (Å²) in [7, 11) is 0. The number of fused-ring (bicyclic) bond motifs is 1. The van der Waals surface area contributed by atoms with Gasteiger partial charge in [0.25, 0.3) is 0 Å². The molecule has 4 nitrogen and oxygen atoms in total. The number of benzene rings is 2. The Balaban J connectivity index is 1.83. The quantitative estimate of drug-likeness (QED) is 0.537. The minimum Gasteiger partial charge on any atom is -0.338 e. The Kier molecular flexibility index (Phi) is 4.89. The van der Waals surface area contributed by atoms with E-state index in [9.17, 15) is 4.79 Å². The van der Waals surface area contributed by atoms with Crippen LogP contribution in [-0.2, 0) is 6.42 Å². The van der Waals surface area contributed by atoms with Crippen molar-refractivity contribution >= 4 is 52.1 Å². The average Bonchev–Trinajstić information content (AvgIpc) is 2.93. The molecule has 138 valence electrons. The molecule has 0 aliphatic heterocycles. The molecule has 1 aliphatic rings. The van der Waals surface area contributed by atoms with E-state index in [2.05, 4.69) is 17.3 Å². The minimum atomic E-state index is 0.0830. The van der Waals surface area contributed by atoms with Crippen LogP contribution in [0.25, 0.3) is 5.69 Å². The molecule has 1 N–H and O–H groups in total. The summed E-state index contributed by atoms with van der Waals surface area (Å²) in [4.78, 5) is 12.8. The van der Waals surface area contributed by atoms with E-state index < -0.39 is 0 Å². The first-order valence-corrected chi connectivity index (χ1v) is 9.68. The monoisotopic (exact) mass is 419 g/mol. The molecule has 0 saturated carbocycles. The van der Waals surface area contributed by atoms with E-state index in [-0.39, 0.29) is 11.7 Å². The Morgan fingerprint density at radius 1 is 1.00 bits per heavy atom. The lowest BCUT2D eigenvalue weighted by molar-refractivity contribution is 0.0953. The number of aromatic nitrogens is 2. The van der Waals surface area contributed by atoms with Crippen LogP contribution in [0.2, 0.25) is 15.1 Å². The summed E-state index contributed by atoms with van der Waals surface area (Å²) in [5, 5.41) is 9.57. The number of rotatable bonds is 3. The number of halogens is 3. The standard InChI is InChI=1S/C20H16Cl3N3O/c1-11-6-17-19(18(27)7-11)20(24-15-9-13(22)8-14(23)10-15)25-26(17)16-4-2-12(21)3-5-16/h2-5,8-11H,6-7H2,1H3,(H,24,25). The van der Waals surface area contributed by atoms with Gasteiger partial charge in [0.2, 0.25) is 0 Å². The number of hydrogen-bond donors (Lipinski definition) is 1. The van der Waals surface area contributed by atoms with E-state index in [1.807, 2.05) is 28.9 Å². The molecule has 1 heterocycles. The molecule has 0 radical (unpaired) electrons. The van der Waals surface area contributed by atoms with E-state index in [0.717, 1.165) is 17.8 Å². The molecule has 2 aromatic carbocycles. The summed E-state index contributed by atoms with van der Waals surface area (Å²) in [5.41, 5.74) is 3.06. The Hall–Kier alpha value is -2.01. The topological polar surface area (TPSA) is 46.9 Å². The van der Waals surface area contributed by atoms with Gasteiger partial charge in [-0.3, -0.25) is 4.79 Å². The molecule has 7 heteroatoms. The average molecular weight is 421 g/mol. The smallest absolute Gasteiger partial charge is 0.168 e. The summed E-state index contributed by atoms with van der Waals surface area (Å²) < 4.78 is 1.81. The van der Waals surface area contributed by atoms with E-state index in [1.165, 1.54) is 0 Å². The van der Waals surface area contributed by atoms with Crippen LogP contribution in [0.3, 0.4) is 0 Å². The molecular weight excluding hydrogens is 405 g/mol. The van der Waals surface area contributed by atoms with Crippen molar-refractivity contribution in [3.8, 4) is 5.69 Å². The third-order valence-corrected chi connectivity index (χ3v) is 5.22. The highest BCUT2D eigenvalue weighted by Gasteiger charge is 2.31. The van der Waals surface area contributed by atoms with Crippen molar-refractivity contribution in [1.29, 1.82) is 0 Å². The minimum absolute atomic E-state index is 0.0830. The lowest BCUT2D eigenvalue weighted by Crippen LogP contribution is -2.19. The molecule has 3 aromatic rings. The van der Waals surface area contributed by atoms with Gasteiger partial charge in [0.05, 0.1) is 16.9 Å². The van der Waals surface area contributed by atoms with Crippen molar-refractivity contribution in [3.05, 3.63) is 68.8 Å². The van der Waals surface area contributed by atoms with E-state index in [0.29, 0.717) is 38.6 Å². The molecule has 0 amide bonds. The molecular formula is C20H16Cl3N3O. The second kappa shape index (κ2) is 7.19. The van der Waals surface area contributed by atoms with Gasteiger partial charge in [0.15, 0.2) is 11.6 Å². The van der Waals surface area contributed by atoms with Crippen LogP contribution in [0.5, 0.6) is 0 Å². The van der Waals surface area contributed by atoms with Crippen molar-refractivity contribution < 1.29 is 4.79 Å². The molecule has 0 fully saturated rings. The second-order valence-corrected chi connectivity index (χ2v) is 8.09. The number of ketones is 1. The predicted molar refractivity (Wildman–Crippen MR) is 110 cm³/mol. The largest absolute Gasteiger partial charge is 0.338 e. The van der Waals surface area contributed by atoms with Gasteiger partial charge >= 0.3 is 0 Å². The van der Waals surface area contributed by atoms with Crippen molar-refractivity contribution in [3.63, 3.8) is 0 Å². The Morgan fingerprint density at radius 2 is 1.67 bits per heavy atom. The maximum absolute atomic E-state index is 12.8. The summed E-state index contributed by atoms with van der Waals surface area (Å²) in [6.45, 7) is 2.07. The lowest BCUT2D eigenvalue weighted by Gasteiger charge is -2.19. The maximum atomic E-state index is 12.8. The van der Waals surface area contributed by atoms with Gasteiger partial charge < -0.3 is 5.32 Å². The van der Waals surface area contributed by atoms with Crippen molar-refractivity contribution in [2.75, 3.05) is 5.32 Å². The zero-order chi connectivity index (χ0) is 19.1. The fraction of sp³-hybridized carbons (Fsp3) is 0.200. The van der Waals surface area contributed by atoms with Crippen LogP contribution in [0.4, 0.5) is 11.5 Å². The Labute approximate surface area is 172 Å². The molecule has 1 unspecified atom stereocenters. The van der Waals surface area contributed by atoms with Crippen LogP contribution in [0.15, 0.2) is 42.5 Å². The van der Waals surface area contributed by atoms with Crippen LogP contribution in [0, 0.1) is 5.92 Å². The number of nitrogens with one attached hydrogen (secondary N) is 1. The molecule has 0 saturated heterocycles. The SMILES string of the molecule is CC1CC(=O)c2c(Nc3cc(Cl)cc(Cl)c3)nn(-c3ccc(Cl)cc3)c2C1. The highest BCUT2D eigenvalue weighted by molar-refractivity contribution is 6.35. The molecule has 1 atom stereocenters. The number of nitrogens with zero attached hydrogens (tertiary/aromatic N) is 2. The molecule has 1 aliphatic carbocycles. The fourth-order valence-electron chi connectivity index (χ4n) is 3.40. The van der Waals surface area contributed by atoms with Gasteiger partial charge in [-0.25, -0.2) is 4.68 Å². The molecule has 0 spiro atoms. The van der Waals surface area contributed by atoms with Gasteiger partial charge in [-0.15, -0.1) is 5.10 Å². The molecule has 4 rings (SSSR count). The maximum Gasteiger partial charge on any atom is 0.168 e. The van der Waals surface area contributed by atoms with Crippen molar-refractivity contribution in [2.24, 2.45) is 5.92 Å². The zero-order valence-electron chi connectivity index (χ0n) is 14.5. The fourth-order valence-corrected chi connectivity index (χ4v) is 4.05. The Morgan fingerprint density at radius 3 is 2.33 bits per heavy atom. The first kappa shape index (κ1) is 18.4. The van der Waals surface area contributed by atoms with E-state index >= 15 is 0 Å². The summed E-state index contributed by atoms with van der Waals surface area (Å²) in [6, 6.07) is 12.5. The number of Topliss-reactive ketones (excluding diaryl/α,β-unsaturated/α-hetero) is 1. The second-order valence-electron chi connectivity index (χ2n) is 6.78. The summed E-state index contributed by atoms with van der Waals surface area (Å²) in [5.74, 6) is 0.857. The first-order chi connectivity index (χ1) is 12.9. The number of carbonyl (C=O) groups is 1. The van der Waals surface area contributed by atoms with Gasteiger partial charge in [-0.1, -0.05) is 41.7 Å². The first-order valence-electron chi connectivity index (χ1n) is 8.55. The van der Waals surface area contributed by atoms with Gasteiger partial charge in [0.1, 0.15) is 0 Å². The highest BCUT2D eigenvalue weighted by Crippen LogP contribution is 2.34. The third kappa shape index (κ3) is 3.70. The summed E-state index contributed by atoms with van der Waals surface area (Å²) in [6.07, 6.45) is 1.28. The lowest BCUT2D eigenvalue weighted by atomic mass is 9.87. The number of hydrogen-bond acceptors (Lipinski definition) is 3. The highest BCUT2D eigenvalue weighted by atomic mass is 35.5. The van der Waals surface area contributed by atoms with E-state index in [4.69, 9.17) is 34.8 Å². The normalized spacial score (nSPS) is 16.3. The predicted octanol–water partition coefficient (Wildman–Crippen LogP) is 6.34. The number of anilines is 2. The molecule has 27 heavy (non-hydrogen) atoms. The van der Waals surface area contributed by atoms with Gasteiger partial charge in [-0.05, 0) is 54.8 Å². The van der Waals surface area contributed by atoms with Crippen LogP contribution in [-0.4, -0.2) is 15.6 Å². The van der Waals surface area contributed by atoms with E-state index in [1.54, 1.807) is 18.2 Å². The third-order valence-electron chi connectivity index (χ3n) is 4.53. The van der Waals surface area contributed by atoms with Crippen LogP contribution >= 0.6 is 34.8 Å². The molecule has 0 bridgehead atoms. The number of carbonyl (C=O) groups excluding carboxylic acids is 1. The van der Waals surface area contributed by atoms with Crippen molar-refractivity contribution in [2.45, 2.75) is 19.8 Å². The van der Waals surface area contributed by atoms with Crippen molar-refractivity contribution in [1.82, 2.24) is 9.78 Å².